The summed E-state index contributed by atoms with van der Waals surface area (Å²) in [4.78, 5) is 4.60. The van der Waals surface area contributed by atoms with Gasteiger partial charge in [-0.3, -0.25) is 0 Å². The number of rotatable bonds is 4. The van der Waals surface area contributed by atoms with E-state index in [9.17, 15) is 0 Å². The number of fused-ring (bicyclic) bond motifs is 1. The highest BCUT2D eigenvalue weighted by Gasteiger charge is 2.15. The minimum Gasteiger partial charge on any atom is -0.340 e. The average molecular weight is 379 g/mol. The molecule has 0 aliphatic carbocycles. The van der Waals surface area contributed by atoms with E-state index in [0.29, 0.717) is 11.7 Å². The highest BCUT2D eigenvalue weighted by Crippen LogP contribution is 2.31. The lowest BCUT2D eigenvalue weighted by Crippen LogP contribution is -2.01. The first-order valence-corrected chi connectivity index (χ1v) is 9.73. The van der Waals surface area contributed by atoms with Gasteiger partial charge >= 0.3 is 0 Å². The van der Waals surface area contributed by atoms with Gasteiger partial charge in [-0.2, -0.15) is 4.98 Å². The molecule has 5 rings (SSSR count). The van der Waals surface area contributed by atoms with E-state index < -0.39 is 0 Å². The number of nitrogens with zero attached hydrogens (tertiary/aromatic N) is 3. The molecule has 0 amide bonds. The zero-order valence-electron chi connectivity index (χ0n) is 16.5. The monoisotopic (exact) mass is 379 g/mol. The summed E-state index contributed by atoms with van der Waals surface area (Å²) >= 11 is 0. The molecule has 0 unspecified atom stereocenters. The fraction of sp³-hybridized carbons (Fsp3) is 0.120. The van der Waals surface area contributed by atoms with Gasteiger partial charge in [-0.25, -0.2) is 0 Å². The second-order valence-electron chi connectivity index (χ2n) is 7.30. The third kappa shape index (κ3) is 3.13. The highest BCUT2D eigenvalue weighted by atomic mass is 16.5. The van der Waals surface area contributed by atoms with E-state index in [1.54, 1.807) is 0 Å². The van der Waals surface area contributed by atoms with E-state index in [4.69, 9.17) is 4.52 Å². The molecule has 5 aromatic rings. The van der Waals surface area contributed by atoms with Crippen molar-refractivity contribution >= 4 is 10.9 Å². The molecule has 0 spiro atoms. The van der Waals surface area contributed by atoms with Gasteiger partial charge in [-0.05, 0) is 43.2 Å². The van der Waals surface area contributed by atoms with E-state index in [1.807, 2.05) is 30.3 Å². The molecule has 0 N–H and O–H groups in total. The van der Waals surface area contributed by atoms with Gasteiger partial charge in [0.25, 0.3) is 5.89 Å². The van der Waals surface area contributed by atoms with Crippen molar-refractivity contribution in [1.29, 1.82) is 0 Å². The molecular weight excluding hydrogens is 358 g/mol. The summed E-state index contributed by atoms with van der Waals surface area (Å²) in [6.07, 6.45) is 0. The Hall–Kier alpha value is -3.66. The number of hydrogen-bond acceptors (Lipinski definition) is 3. The molecular formula is C25H21N3O. The summed E-state index contributed by atoms with van der Waals surface area (Å²) in [6, 6.07) is 26.8. The van der Waals surface area contributed by atoms with E-state index in [0.717, 1.165) is 17.7 Å². The van der Waals surface area contributed by atoms with Crippen molar-refractivity contribution in [1.82, 2.24) is 14.7 Å². The molecule has 0 aliphatic heterocycles. The normalized spacial score (nSPS) is 11.2. The Morgan fingerprint density at radius 3 is 2.31 bits per heavy atom. The van der Waals surface area contributed by atoms with Crippen LogP contribution in [0.25, 0.3) is 33.7 Å². The van der Waals surface area contributed by atoms with Crippen LogP contribution in [0.2, 0.25) is 0 Å². The molecule has 0 saturated heterocycles. The maximum atomic E-state index is 5.56. The summed E-state index contributed by atoms with van der Waals surface area (Å²) < 4.78 is 7.93. The van der Waals surface area contributed by atoms with Crippen LogP contribution in [0.3, 0.4) is 0 Å². The first-order valence-electron chi connectivity index (χ1n) is 9.73. The fourth-order valence-electron chi connectivity index (χ4n) is 3.80. The van der Waals surface area contributed by atoms with Crippen LogP contribution < -0.4 is 0 Å². The maximum Gasteiger partial charge on any atom is 0.258 e. The van der Waals surface area contributed by atoms with Crippen molar-refractivity contribution in [2.45, 2.75) is 20.4 Å². The van der Waals surface area contributed by atoms with Crippen LogP contribution in [0.1, 0.15) is 16.8 Å². The topological polar surface area (TPSA) is 43.9 Å². The quantitative estimate of drug-likeness (QED) is 0.383. The molecule has 0 atom stereocenters. The molecule has 4 heteroatoms. The standard InChI is InChI=1S/C25H21N3O/c1-17-18(2)28(16-19-9-5-3-6-10-19)23-14-13-21(15-22(17)23)25-26-24(27-29-25)20-11-7-4-8-12-20/h3-15H,16H2,1-2H3. The summed E-state index contributed by atoms with van der Waals surface area (Å²) in [5.74, 6) is 1.15. The summed E-state index contributed by atoms with van der Waals surface area (Å²) in [6.45, 7) is 5.21. The Morgan fingerprint density at radius 2 is 1.55 bits per heavy atom. The molecule has 3 aromatic carbocycles. The van der Waals surface area contributed by atoms with Crippen molar-refractivity contribution in [3.8, 4) is 22.8 Å². The van der Waals surface area contributed by atoms with E-state index in [1.165, 1.54) is 27.7 Å². The molecule has 0 bridgehead atoms. The molecule has 0 fully saturated rings. The van der Waals surface area contributed by atoms with Crippen molar-refractivity contribution < 1.29 is 4.52 Å². The maximum absolute atomic E-state index is 5.56. The van der Waals surface area contributed by atoms with Gasteiger partial charge in [-0.15, -0.1) is 0 Å². The Balaban J connectivity index is 1.55. The third-order valence-corrected chi connectivity index (χ3v) is 5.53. The van der Waals surface area contributed by atoms with E-state index in [2.05, 4.69) is 77.1 Å². The lowest BCUT2D eigenvalue weighted by atomic mass is 10.1. The molecule has 2 heterocycles. The first-order chi connectivity index (χ1) is 14.2. The van der Waals surface area contributed by atoms with Crippen LogP contribution >= 0.6 is 0 Å². The number of benzene rings is 3. The fourth-order valence-corrected chi connectivity index (χ4v) is 3.80. The Bertz CT molecular complexity index is 1280. The summed E-state index contributed by atoms with van der Waals surface area (Å²) in [5, 5.41) is 5.37. The van der Waals surface area contributed by atoms with Gasteiger partial charge in [0.05, 0.1) is 0 Å². The van der Waals surface area contributed by atoms with Crippen LogP contribution in [0.4, 0.5) is 0 Å². The molecule has 142 valence electrons. The third-order valence-electron chi connectivity index (χ3n) is 5.53. The Labute approximate surface area is 169 Å². The molecule has 2 aromatic heterocycles. The van der Waals surface area contributed by atoms with Crippen molar-refractivity contribution in [3.63, 3.8) is 0 Å². The van der Waals surface area contributed by atoms with Gasteiger partial charge in [0.15, 0.2) is 0 Å². The van der Waals surface area contributed by atoms with E-state index >= 15 is 0 Å². The van der Waals surface area contributed by atoms with Crippen molar-refractivity contribution in [2.24, 2.45) is 0 Å². The first kappa shape index (κ1) is 17.4. The van der Waals surface area contributed by atoms with Crippen molar-refractivity contribution in [3.05, 3.63) is 95.7 Å². The zero-order valence-corrected chi connectivity index (χ0v) is 16.5. The Morgan fingerprint density at radius 1 is 0.828 bits per heavy atom. The van der Waals surface area contributed by atoms with Crippen LogP contribution in [0, 0.1) is 13.8 Å². The lowest BCUT2D eigenvalue weighted by Gasteiger charge is -2.09. The predicted octanol–water partition coefficient (Wildman–Crippen LogP) is 6.02. The van der Waals surface area contributed by atoms with Crippen LogP contribution in [-0.2, 0) is 6.54 Å². The predicted molar refractivity (Wildman–Crippen MR) is 116 cm³/mol. The van der Waals surface area contributed by atoms with Crippen LogP contribution in [0.15, 0.2) is 83.4 Å². The molecule has 29 heavy (non-hydrogen) atoms. The average Bonchev–Trinajstić information content (AvgIpc) is 3.35. The van der Waals surface area contributed by atoms with Crippen LogP contribution in [-0.4, -0.2) is 14.7 Å². The number of aromatic nitrogens is 3. The zero-order chi connectivity index (χ0) is 19.8. The van der Waals surface area contributed by atoms with E-state index in [-0.39, 0.29) is 0 Å². The number of aryl methyl sites for hydroxylation is 1. The van der Waals surface area contributed by atoms with Crippen molar-refractivity contribution in [2.75, 3.05) is 0 Å². The van der Waals surface area contributed by atoms with Gasteiger partial charge in [0, 0.05) is 34.3 Å². The Kier molecular flexibility index (Phi) is 4.24. The van der Waals surface area contributed by atoms with Gasteiger partial charge in [0.2, 0.25) is 5.82 Å². The molecule has 0 aliphatic rings. The smallest absolute Gasteiger partial charge is 0.258 e. The molecule has 4 nitrogen and oxygen atoms in total. The minimum atomic E-state index is 0.540. The summed E-state index contributed by atoms with van der Waals surface area (Å²) in [5.41, 5.74) is 6.95. The van der Waals surface area contributed by atoms with Crippen LogP contribution in [0.5, 0.6) is 0 Å². The second-order valence-corrected chi connectivity index (χ2v) is 7.30. The second kappa shape index (κ2) is 7.06. The highest BCUT2D eigenvalue weighted by molar-refractivity contribution is 5.89. The van der Waals surface area contributed by atoms with Gasteiger partial charge in [-0.1, -0.05) is 65.8 Å². The minimum absolute atomic E-state index is 0.540. The largest absolute Gasteiger partial charge is 0.340 e. The molecule has 0 radical (unpaired) electrons. The van der Waals surface area contributed by atoms with Gasteiger partial charge in [0.1, 0.15) is 0 Å². The lowest BCUT2D eigenvalue weighted by molar-refractivity contribution is 0.432. The molecule has 0 saturated carbocycles. The number of hydrogen-bond donors (Lipinski definition) is 0. The summed E-state index contributed by atoms with van der Waals surface area (Å²) in [7, 11) is 0. The SMILES string of the molecule is Cc1c(C)n(Cc2ccccc2)c2ccc(-c3nc(-c4ccccc4)no3)cc12. The van der Waals surface area contributed by atoms with Gasteiger partial charge < -0.3 is 9.09 Å².